The number of benzene rings is 14. The molecule has 0 aliphatic rings. The van der Waals surface area contributed by atoms with Gasteiger partial charge >= 0.3 is 7.12 Å². The Balaban J connectivity index is 0.000000140. The summed E-state index contributed by atoms with van der Waals surface area (Å²) < 4.78 is 89.2. The van der Waals surface area contributed by atoms with Crippen LogP contribution in [0.5, 0.6) is 0 Å². The third-order valence-corrected chi connectivity index (χ3v) is 20.3. The SMILES string of the molecule is OB(O)c1ccc(-c2cccc3c2sc2ccccc23)cc1.[2H]c1c([2H])c([2H])c(-c2nc(-c3ccc(-c4ccc(-c5cccc6c5sc5ccccc56)cc4)cc3)nc(-c3ccccc3-c3ccccc3)n2)c([2H])c1[2H].[2H]c1c([2H])c([2H])c(-c2nc(-c3ccc(Br)cc3)nc(-c3ccccc3-c3ccccc3)n2)c([2H])c1[2H]. The molecule has 484 valence electrons. The molecule has 4 aromatic heterocycles. The highest BCUT2D eigenvalue weighted by Crippen LogP contribution is 2.43. The van der Waals surface area contributed by atoms with Gasteiger partial charge in [0.2, 0.25) is 0 Å². The first-order valence-corrected chi connectivity index (χ1v) is 35.1. The van der Waals surface area contributed by atoms with Gasteiger partial charge in [0.05, 0.1) is 13.7 Å². The summed E-state index contributed by atoms with van der Waals surface area (Å²) in [7, 11) is -1.42. The summed E-state index contributed by atoms with van der Waals surface area (Å²) in [5.41, 5.74) is 13.7. The van der Waals surface area contributed by atoms with E-state index in [1.807, 2.05) is 181 Å². The van der Waals surface area contributed by atoms with Gasteiger partial charge in [-0.05, 0) is 85.4 Å². The summed E-state index contributed by atoms with van der Waals surface area (Å²) in [5.74, 6) is 1.33. The number of hydrogen-bond acceptors (Lipinski definition) is 10. The van der Waals surface area contributed by atoms with E-state index < -0.39 is 43.4 Å². The molecule has 18 aromatic rings. The van der Waals surface area contributed by atoms with E-state index in [4.69, 9.17) is 33.6 Å². The lowest BCUT2D eigenvalue weighted by Crippen LogP contribution is -2.29. The van der Waals surface area contributed by atoms with Gasteiger partial charge in [-0.3, -0.25) is 0 Å². The fourth-order valence-corrected chi connectivity index (χ4v) is 15.1. The number of nitrogens with zero attached hydrogens (tertiary/aromatic N) is 6. The molecule has 4 heterocycles. The fourth-order valence-electron chi connectivity index (χ4n) is 12.3. The van der Waals surface area contributed by atoms with Gasteiger partial charge in [0, 0.05) is 78.2 Å². The van der Waals surface area contributed by atoms with E-state index in [1.165, 1.54) is 51.5 Å². The van der Waals surface area contributed by atoms with Crippen molar-refractivity contribution in [1.29, 1.82) is 0 Å². The van der Waals surface area contributed by atoms with Crippen molar-refractivity contribution in [2.75, 3.05) is 0 Å². The van der Waals surface area contributed by atoms with E-state index in [-0.39, 0.29) is 46.9 Å². The summed E-state index contributed by atoms with van der Waals surface area (Å²) >= 11 is 7.05. The molecule has 0 aliphatic heterocycles. The number of thiophene rings is 2. The Morgan fingerprint density at radius 2 is 0.559 bits per heavy atom. The zero-order chi connectivity index (χ0) is 77.4. The molecule has 102 heavy (non-hydrogen) atoms. The molecule has 18 rings (SSSR count). The van der Waals surface area contributed by atoms with Gasteiger partial charge in [-0.25, -0.2) is 29.9 Å². The Morgan fingerprint density at radius 3 is 0.980 bits per heavy atom. The van der Waals surface area contributed by atoms with Gasteiger partial charge in [0.15, 0.2) is 34.9 Å². The molecule has 12 heteroatoms. The predicted molar refractivity (Wildman–Crippen MR) is 429 cm³/mol. The average molecular weight is 1420 g/mol. The molecule has 0 bridgehead atoms. The Kier molecular flexibility index (Phi) is 15.6. The van der Waals surface area contributed by atoms with Crippen molar-refractivity contribution in [3.05, 3.63) is 356 Å². The van der Waals surface area contributed by atoms with Crippen LogP contribution in [0.1, 0.15) is 13.7 Å². The average Bonchev–Trinajstić information content (AvgIpc) is 1.75. The maximum Gasteiger partial charge on any atom is 0.488 e. The molecule has 0 spiro atoms. The van der Waals surface area contributed by atoms with Crippen LogP contribution < -0.4 is 5.46 Å². The molecule has 0 amide bonds. The Bertz CT molecular complexity index is 6570. The van der Waals surface area contributed by atoms with Crippen molar-refractivity contribution in [2.24, 2.45) is 0 Å². The second-order valence-electron chi connectivity index (χ2n) is 23.7. The number of hydrogen-bond donors (Lipinski definition) is 2. The summed E-state index contributed by atoms with van der Waals surface area (Å²) in [6.45, 7) is 0. The monoisotopic (exact) mass is 1420 g/mol. The molecule has 0 saturated carbocycles. The molecule has 0 atom stereocenters. The van der Waals surface area contributed by atoms with Crippen molar-refractivity contribution in [1.82, 2.24) is 29.9 Å². The van der Waals surface area contributed by atoms with Crippen LogP contribution in [0.4, 0.5) is 0 Å². The maximum absolute atomic E-state index is 9.21. The van der Waals surface area contributed by atoms with Crippen LogP contribution in [0.2, 0.25) is 0 Å². The van der Waals surface area contributed by atoms with E-state index in [1.54, 1.807) is 23.5 Å². The minimum atomic E-state index is -1.42. The largest absolute Gasteiger partial charge is 0.488 e. The van der Waals surface area contributed by atoms with E-state index in [9.17, 15) is 10.0 Å². The fraction of sp³-hybridized carbons (Fsp3) is 0. The second kappa shape index (κ2) is 29.4. The number of aromatic nitrogens is 6. The van der Waals surface area contributed by atoms with Gasteiger partial charge in [0.25, 0.3) is 0 Å². The van der Waals surface area contributed by atoms with Gasteiger partial charge in [0.1, 0.15) is 0 Å². The summed E-state index contributed by atoms with van der Waals surface area (Å²) in [5, 5.41) is 23.5. The summed E-state index contributed by atoms with van der Waals surface area (Å²) in [6.07, 6.45) is 0. The number of fused-ring (bicyclic) bond motifs is 6. The second-order valence-corrected chi connectivity index (χ2v) is 26.7. The van der Waals surface area contributed by atoms with Crippen LogP contribution in [0.15, 0.2) is 356 Å². The molecule has 8 nitrogen and oxygen atoms in total. The Morgan fingerprint density at radius 1 is 0.255 bits per heavy atom. The molecule has 0 aliphatic carbocycles. The smallest absolute Gasteiger partial charge is 0.423 e. The third-order valence-electron chi connectivity index (χ3n) is 17.3. The third kappa shape index (κ3) is 13.8. The number of halogens is 1. The van der Waals surface area contributed by atoms with Crippen molar-refractivity contribution in [2.45, 2.75) is 0 Å². The van der Waals surface area contributed by atoms with Crippen molar-refractivity contribution in [3.63, 3.8) is 0 Å². The quantitative estimate of drug-likeness (QED) is 0.116. The molecular formula is C90H60BBrN6O2S2. The zero-order valence-electron chi connectivity index (χ0n) is 64.1. The van der Waals surface area contributed by atoms with Crippen LogP contribution >= 0.6 is 38.6 Å². The first-order chi connectivity index (χ1) is 54.4. The first-order valence-electron chi connectivity index (χ1n) is 37.6. The van der Waals surface area contributed by atoms with Gasteiger partial charge in [-0.2, -0.15) is 0 Å². The van der Waals surface area contributed by atoms with Crippen LogP contribution in [0.3, 0.4) is 0 Å². The standard InChI is InChI=1S/C45H29N3S.C27H18BrN3.C18H13BO2S/c1-3-12-32(13-4-1)36-16-7-8-18-40(36)45-47-43(34-14-5-2-6-15-34)46-44(48-45)35-28-24-31(25-29-35)30-22-26-33(27-23-30)37-19-11-20-39-38-17-9-10-21-41(38)49-42(37)39;28-22-17-15-21(16-18-22)26-29-25(20-11-5-2-6-12-20)30-27(31-26)24-14-8-7-13-23(24)19-9-3-1-4-10-19;20-19(21)13-10-8-12(9-11-13)14-5-3-6-16-15-4-1-2-7-17(15)22-18(14)16/h1-29H;1-18H;1-11,20-21H/i2D,5D,6D,14D,15D;2D,5D,6D,11D,12D;. The summed E-state index contributed by atoms with van der Waals surface area (Å²) in [6, 6.07) is 92.1. The highest BCUT2D eigenvalue weighted by molar-refractivity contribution is 9.10. The lowest BCUT2D eigenvalue weighted by Gasteiger charge is -2.12. The molecule has 0 unspecified atom stereocenters. The minimum absolute atomic E-state index is 0.00295. The lowest BCUT2D eigenvalue weighted by atomic mass is 9.80. The van der Waals surface area contributed by atoms with Crippen LogP contribution in [-0.2, 0) is 0 Å². The maximum atomic E-state index is 9.21. The number of rotatable bonds is 12. The molecule has 0 radical (unpaired) electrons. The molecule has 0 saturated heterocycles. The van der Waals surface area contributed by atoms with E-state index >= 15 is 0 Å². The Hall–Kier alpha value is -12.0. The zero-order valence-corrected chi connectivity index (χ0v) is 57.3. The topological polar surface area (TPSA) is 118 Å². The lowest BCUT2D eigenvalue weighted by molar-refractivity contribution is 0.426. The van der Waals surface area contributed by atoms with E-state index in [2.05, 4.69) is 135 Å². The van der Waals surface area contributed by atoms with E-state index in [0.29, 0.717) is 39.9 Å². The minimum Gasteiger partial charge on any atom is -0.423 e. The van der Waals surface area contributed by atoms with Gasteiger partial charge in [-0.1, -0.05) is 343 Å². The van der Waals surface area contributed by atoms with E-state index in [0.717, 1.165) is 60.1 Å². The van der Waals surface area contributed by atoms with Crippen molar-refractivity contribution in [3.8, 4) is 124 Å². The summed E-state index contributed by atoms with van der Waals surface area (Å²) in [4.78, 5) is 28.4. The van der Waals surface area contributed by atoms with Gasteiger partial charge in [-0.15, -0.1) is 22.7 Å². The molecule has 14 aromatic carbocycles. The normalized spacial score (nSPS) is 12.5. The van der Waals surface area contributed by atoms with Gasteiger partial charge < -0.3 is 10.0 Å². The first kappa shape index (κ1) is 53.9. The molecule has 0 fully saturated rings. The van der Waals surface area contributed by atoms with Crippen molar-refractivity contribution >= 4 is 91.5 Å². The highest BCUT2D eigenvalue weighted by Gasteiger charge is 2.20. The van der Waals surface area contributed by atoms with Crippen LogP contribution in [0, 0.1) is 0 Å². The molecule has 2 N–H and O–H groups in total. The van der Waals surface area contributed by atoms with Crippen LogP contribution in [-0.4, -0.2) is 47.1 Å². The molecular weight excluding hydrogens is 1350 g/mol. The van der Waals surface area contributed by atoms with Crippen LogP contribution in [0.25, 0.3) is 164 Å². The highest BCUT2D eigenvalue weighted by atomic mass is 79.9. The predicted octanol–water partition coefficient (Wildman–Crippen LogP) is 22.9. The van der Waals surface area contributed by atoms with Crippen molar-refractivity contribution < 1.29 is 23.8 Å². The Labute approximate surface area is 621 Å².